The Morgan fingerprint density at radius 2 is 2.13 bits per heavy atom. The van der Waals surface area contributed by atoms with Crippen molar-refractivity contribution in [3.8, 4) is 0 Å². The highest BCUT2D eigenvalue weighted by molar-refractivity contribution is 4.97. The maximum absolute atomic E-state index is 6.15. The predicted octanol–water partition coefficient (Wildman–Crippen LogP) is 2.21. The fourth-order valence-corrected chi connectivity index (χ4v) is 1.48. The van der Waals surface area contributed by atoms with Gasteiger partial charge < -0.3 is 10.3 Å². The average Bonchev–Trinajstić information content (AvgIpc) is 2.52. The lowest BCUT2D eigenvalue weighted by atomic mass is 9.85. The van der Waals surface area contributed by atoms with Crippen LogP contribution >= 0.6 is 0 Å². The Balaban J connectivity index is 2.68. The normalized spacial score (nSPS) is 14.2. The van der Waals surface area contributed by atoms with Crippen molar-refractivity contribution >= 4 is 0 Å². The van der Waals surface area contributed by atoms with Crippen LogP contribution in [0.25, 0.3) is 0 Å². The van der Waals surface area contributed by atoms with E-state index in [-0.39, 0.29) is 11.5 Å². The van der Waals surface area contributed by atoms with Crippen LogP contribution in [0.5, 0.6) is 0 Å². The van der Waals surface area contributed by atoms with E-state index in [1.54, 1.807) is 0 Å². The summed E-state index contributed by atoms with van der Waals surface area (Å²) in [7, 11) is 0. The van der Waals surface area contributed by atoms with Crippen molar-refractivity contribution in [2.45, 2.75) is 53.1 Å². The molecule has 2 N–H and O–H groups in total. The fourth-order valence-electron chi connectivity index (χ4n) is 1.48. The number of nitrogens with two attached hydrogens (primary N) is 1. The van der Waals surface area contributed by atoms with Crippen molar-refractivity contribution in [3.63, 3.8) is 0 Å². The molecule has 1 rings (SSSR count). The first kappa shape index (κ1) is 12.2. The average molecular weight is 209 g/mol. The zero-order chi connectivity index (χ0) is 11.5. The Bertz CT molecular complexity index is 296. The highest BCUT2D eigenvalue weighted by atomic mass is 15.1. The molecule has 86 valence electrons. The number of rotatable bonds is 4. The van der Waals surface area contributed by atoms with Gasteiger partial charge in [-0.2, -0.15) is 0 Å². The second kappa shape index (κ2) is 4.79. The van der Waals surface area contributed by atoms with Crippen molar-refractivity contribution in [3.05, 3.63) is 18.2 Å². The summed E-state index contributed by atoms with van der Waals surface area (Å²) in [6, 6.07) is 0.163. The van der Waals surface area contributed by atoms with E-state index in [0.717, 1.165) is 25.2 Å². The summed E-state index contributed by atoms with van der Waals surface area (Å²) in [6.07, 6.45) is 5.89. The maximum Gasteiger partial charge on any atom is 0.110 e. The lowest BCUT2D eigenvalue weighted by Gasteiger charge is -2.26. The molecule has 0 fully saturated rings. The summed E-state index contributed by atoms with van der Waals surface area (Å²) < 4.78 is 2.20. The van der Waals surface area contributed by atoms with Crippen LogP contribution in [-0.4, -0.2) is 15.6 Å². The molecule has 0 aromatic carbocycles. The number of aromatic nitrogens is 2. The minimum Gasteiger partial charge on any atom is -0.335 e. The third kappa shape index (κ3) is 3.34. The van der Waals surface area contributed by atoms with E-state index in [4.69, 9.17) is 5.73 Å². The van der Waals surface area contributed by atoms with Crippen molar-refractivity contribution < 1.29 is 0 Å². The minimum absolute atomic E-state index is 0.142. The molecule has 1 atom stereocenters. The minimum atomic E-state index is 0.142. The van der Waals surface area contributed by atoms with Gasteiger partial charge in [0.25, 0.3) is 0 Å². The molecular weight excluding hydrogens is 186 g/mol. The van der Waals surface area contributed by atoms with Gasteiger partial charge in [-0.25, -0.2) is 4.98 Å². The second-order valence-electron chi connectivity index (χ2n) is 5.21. The Morgan fingerprint density at radius 3 is 2.67 bits per heavy atom. The van der Waals surface area contributed by atoms with Crippen LogP contribution in [0, 0.1) is 5.41 Å². The number of aryl methyl sites for hydroxylation is 1. The predicted molar refractivity (Wildman–Crippen MR) is 63.7 cm³/mol. The van der Waals surface area contributed by atoms with Gasteiger partial charge >= 0.3 is 0 Å². The Kier molecular flexibility index (Phi) is 3.91. The number of hydrogen-bond acceptors (Lipinski definition) is 2. The number of imidazole rings is 1. The molecule has 0 aliphatic carbocycles. The van der Waals surface area contributed by atoms with Gasteiger partial charge in [-0.1, -0.05) is 27.7 Å². The first-order chi connectivity index (χ1) is 6.95. The molecule has 1 heterocycles. The van der Waals surface area contributed by atoms with E-state index < -0.39 is 0 Å². The molecule has 3 nitrogen and oxygen atoms in total. The van der Waals surface area contributed by atoms with Gasteiger partial charge in [-0.05, 0) is 11.8 Å². The molecule has 0 aliphatic rings. The van der Waals surface area contributed by atoms with Gasteiger partial charge in [0.15, 0.2) is 0 Å². The molecule has 0 aliphatic heterocycles. The van der Waals surface area contributed by atoms with E-state index in [1.807, 2.05) is 12.4 Å². The van der Waals surface area contributed by atoms with E-state index in [0.29, 0.717) is 0 Å². The molecule has 15 heavy (non-hydrogen) atoms. The quantitative estimate of drug-likeness (QED) is 0.826. The molecule has 3 heteroatoms. The molecule has 1 aromatic rings. The summed E-state index contributed by atoms with van der Waals surface area (Å²) in [4.78, 5) is 4.37. The van der Waals surface area contributed by atoms with Gasteiger partial charge in [-0.3, -0.25) is 0 Å². The highest BCUT2D eigenvalue weighted by Gasteiger charge is 2.22. The summed E-state index contributed by atoms with van der Waals surface area (Å²) in [6.45, 7) is 9.72. The molecule has 0 saturated carbocycles. The lowest BCUT2D eigenvalue weighted by molar-refractivity contribution is 0.312. The van der Waals surface area contributed by atoms with E-state index in [1.165, 1.54) is 0 Å². The zero-order valence-corrected chi connectivity index (χ0v) is 10.3. The first-order valence-electron chi connectivity index (χ1n) is 5.70. The standard InChI is InChI=1S/C12H23N3/c1-5-7-15-8-6-14-11(15)9-10(13)12(2,3)4/h6,8,10H,5,7,9,13H2,1-4H3. The third-order valence-electron chi connectivity index (χ3n) is 2.78. The van der Waals surface area contributed by atoms with Crippen LogP contribution < -0.4 is 5.73 Å². The first-order valence-corrected chi connectivity index (χ1v) is 5.70. The second-order valence-corrected chi connectivity index (χ2v) is 5.21. The number of nitrogens with zero attached hydrogens (tertiary/aromatic N) is 2. The number of hydrogen-bond donors (Lipinski definition) is 1. The van der Waals surface area contributed by atoms with E-state index >= 15 is 0 Å². The smallest absolute Gasteiger partial charge is 0.110 e. The largest absolute Gasteiger partial charge is 0.335 e. The van der Waals surface area contributed by atoms with Gasteiger partial charge in [0, 0.05) is 31.4 Å². The van der Waals surface area contributed by atoms with Crippen LogP contribution in [0.3, 0.4) is 0 Å². The maximum atomic E-state index is 6.15. The summed E-state index contributed by atoms with van der Waals surface area (Å²) in [5.74, 6) is 1.11. The SMILES string of the molecule is CCCn1ccnc1CC(N)C(C)(C)C. The van der Waals surface area contributed by atoms with Crippen molar-refractivity contribution in [1.82, 2.24) is 9.55 Å². The van der Waals surface area contributed by atoms with Gasteiger partial charge in [0.2, 0.25) is 0 Å². The Labute approximate surface area is 92.7 Å². The summed E-state index contributed by atoms with van der Waals surface area (Å²) in [5, 5.41) is 0. The highest BCUT2D eigenvalue weighted by Crippen LogP contribution is 2.20. The molecule has 1 unspecified atom stereocenters. The molecular formula is C12H23N3. The van der Waals surface area contributed by atoms with E-state index in [2.05, 4.69) is 37.2 Å². The van der Waals surface area contributed by atoms with Gasteiger partial charge in [0.1, 0.15) is 5.82 Å². The van der Waals surface area contributed by atoms with Crippen LogP contribution in [-0.2, 0) is 13.0 Å². The van der Waals surface area contributed by atoms with Crippen LogP contribution in [0.4, 0.5) is 0 Å². The third-order valence-corrected chi connectivity index (χ3v) is 2.78. The Morgan fingerprint density at radius 1 is 1.47 bits per heavy atom. The topological polar surface area (TPSA) is 43.8 Å². The van der Waals surface area contributed by atoms with E-state index in [9.17, 15) is 0 Å². The van der Waals surface area contributed by atoms with Crippen LogP contribution in [0.1, 0.15) is 39.9 Å². The van der Waals surface area contributed by atoms with Crippen LogP contribution in [0.15, 0.2) is 12.4 Å². The fraction of sp³-hybridized carbons (Fsp3) is 0.750. The molecule has 0 radical (unpaired) electrons. The molecule has 0 amide bonds. The zero-order valence-electron chi connectivity index (χ0n) is 10.3. The molecule has 1 aromatic heterocycles. The molecule has 0 bridgehead atoms. The molecule has 0 saturated heterocycles. The van der Waals surface area contributed by atoms with Gasteiger partial charge in [0.05, 0.1) is 0 Å². The molecule has 0 spiro atoms. The monoisotopic (exact) mass is 209 g/mol. The summed E-state index contributed by atoms with van der Waals surface area (Å²) in [5.41, 5.74) is 6.30. The van der Waals surface area contributed by atoms with Crippen molar-refractivity contribution in [1.29, 1.82) is 0 Å². The Hall–Kier alpha value is -0.830. The van der Waals surface area contributed by atoms with Gasteiger partial charge in [-0.15, -0.1) is 0 Å². The van der Waals surface area contributed by atoms with Crippen LogP contribution in [0.2, 0.25) is 0 Å². The van der Waals surface area contributed by atoms with Crippen molar-refractivity contribution in [2.75, 3.05) is 0 Å². The lowest BCUT2D eigenvalue weighted by Crippen LogP contribution is -2.37. The van der Waals surface area contributed by atoms with Crippen molar-refractivity contribution in [2.24, 2.45) is 11.1 Å². The summed E-state index contributed by atoms with van der Waals surface area (Å²) >= 11 is 0.